The molecule has 0 spiro atoms. The van der Waals surface area contributed by atoms with Crippen molar-refractivity contribution in [1.29, 1.82) is 0 Å². The SMILES string of the molecule is O=C(COc1ccc(S(=O)(=O)NC2CCCC2)cc1Cl)N1CCN(c2cccc(C(F)(F)F)c2)CC1. The highest BCUT2D eigenvalue weighted by atomic mass is 35.5. The zero-order valence-corrected chi connectivity index (χ0v) is 21.0. The number of nitrogens with zero attached hydrogens (tertiary/aromatic N) is 2. The van der Waals surface area contributed by atoms with E-state index in [-0.39, 0.29) is 34.2 Å². The average molecular weight is 546 g/mol. The van der Waals surface area contributed by atoms with Crippen LogP contribution in [0.1, 0.15) is 31.2 Å². The number of carbonyl (C=O) groups excluding carboxylic acids is 1. The van der Waals surface area contributed by atoms with Crippen molar-refractivity contribution in [1.82, 2.24) is 9.62 Å². The molecule has 0 unspecified atom stereocenters. The van der Waals surface area contributed by atoms with Gasteiger partial charge in [0.1, 0.15) is 5.75 Å². The van der Waals surface area contributed by atoms with Crippen LogP contribution < -0.4 is 14.4 Å². The molecule has 0 bridgehead atoms. The summed E-state index contributed by atoms with van der Waals surface area (Å²) in [5.74, 6) is -0.109. The van der Waals surface area contributed by atoms with Crippen LogP contribution in [0.5, 0.6) is 5.75 Å². The van der Waals surface area contributed by atoms with Crippen molar-refractivity contribution in [3.05, 3.63) is 53.1 Å². The van der Waals surface area contributed by atoms with Crippen LogP contribution in [0.25, 0.3) is 0 Å². The molecule has 0 radical (unpaired) electrons. The van der Waals surface area contributed by atoms with Crippen molar-refractivity contribution in [3.63, 3.8) is 0 Å². The molecule has 2 fully saturated rings. The Morgan fingerprint density at radius 3 is 2.39 bits per heavy atom. The number of alkyl halides is 3. The minimum Gasteiger partial charge on any atom is -0.482 e. The van der Waals surface area contributed by atoms with E-state index in [9.17, 15) is 26.4 Å². The van der Waals surface area contributed by atoms with Crippen LogP contribution in [0.2, 0.25) is 5.02 Å². The highest BCUT2D eigenvalue weighted by Gasteiger charge is 2.31. The first-order valence-corrected chi connectivity index (χ1v) is 13.5. The number of rotatable bonds is 7. The standard InChI is InChI=1S/C24H27ClF3N3O4S/c25-21-15-20(36(33,34)29-18-5-1-2-6-18)8-9-22(21)35-16-23(32)31-12-10-30(11-13-31)19-7-3-4-17(14-19)24(26,27)28/h3-4,7-9,14-15,18,29H,1-2,5-6,10-13,16H2. The Balaban J connectivity index is 1.29. The van der Waals surface area contributed by atoms with Gasteiger partial charge in [-0.3, -0.25) is 4.79 Å². The Morgan fingerprint density at radius 1 is 1.06 bits per heavy atom. The number of benzene rings is 2. The number of ether oxygens (including phenoxy) is 1. The van der Waals surface area contributed by atoms with Crippen molar-refractivity contribution in [2.75, 3.05) is 37.7 Å². The summed E-state index contributed by atoms with van der Waals surface area (Å²) in [6, 6.07) is 9.15. The fourth-order valence-electron chi connectivity index (χ4n) is 4.42. The Kier molecular flexibility index (Phi) is 8.01. The Morgan fingerprint density at radius 2 is 1.75 bits per heavy atom. The second-order valence-electron chi connectivity index (χ2n) is 8.90. The first-order valence-electron chi connectivity index (χ1n) is 11.7. The van der Waals surface area contributed by atoms with Crippen molar-refractivity contribution < 1.29 is 31.1 Å². The number of halogens is 4. The van der Waals surface area contributed by atoms with E-state index in [0.717, 1.165) is 37.8 Å². The number of piperazine rings is 1. The molecule has 1 heterocycles. The number of amides is 1. The van der Waals surface area contributed by atoms with Gasteiger partial charge < -0.3 is 14.5 Å². The monoisotopic (exact) mass is 545 g/mol. The maximum Gasteiger partial charge on any atom is 0.416 e. The van der Waals surface area contributed by atoms with Gasteiger partial charge in [-0.2, -0.15) is 13.2 Å². The van der Waals surface area contributed by atoms with Crippen LogP contribution in [0.4, 0.5) is 18.9 Å². The predicted molar refractivity (Wildman–Crippen MR) is 130 cm³/mol. The predicted octanol–water partition coefficient (Wildman–Crippen LogP) is 4.31. The number of hydrogen-bond acceptors (Lipinski definition) is 5. The molecular weight excluding hydrogens is 519 g/mol. The molecule has 1 saturated carbocycles. The quantitative estimate of drug-likeness (QED) is 0.561. The molecule has 1 amide bonds. The van der Waals surface area contributed by atoms with Crippen molar-refractivity contribution in [2.24, 2.45) is 0 Å². The second-order valence-corrected chi connectivity index (χ2v) is 11.0. The molecule has 0 aromatic heterocycles. The number of carbonyl (C=O) groups is 1. The molecule has 36 heavy (non-hydrogen) atoms. The summed E-state index contributed by atoms with van der Waals surface area (Å²) in [4.78, 5) is 16.0. The van der Waals surface area contributed by atoms with Gasteiger partial charge in [0.15, 0.2) is 6.61 Å². The van der Waals surface area contributed by atoms with E-state index in [1.54, 1.807) is 15.9 Å². The van der Waals surface area contributed by atoms with Crippen LogP contribution in [0, 0.1) is 0 Å². The van der Waals surface area contributed by atoms with Gasteiger partial charge in [-0.15, -0.1) is 0 Å². The van der Waals surface area contributed by atoms with Gasteiger partial charge >= 0.3 is 6.18 Å². The summed E-state index contributed by atoms with van der Waals surface area (Å²) in [5, 5.41) is 0.0754. The van der Waals surface area contributed by atoms with E-state index < -0.39 is 21.8 Å². The van der Waals surface area contributed by atoms with Gasteiger partial charge in [-0.05, 0) is 49.2 Å². The molecule has 0 atom stereocenters. The third kappa shape index (κ3) is 6.43. The van der Waals surface area contributed by atoms with Crippen molar-refractivity contribution in [2.45, 2.75) is 42.8 Å². The molecule has 196 valence electrons. The lowest BCUT2D eigenvalue weighted by atomic mass is 10.1. The molecule has 4 rings (SSSR count). The van der Waals surface area contributed by atoms with E-state index in [0.29, 0.717) is 31.9 Å². The number of sulfonamides is 1. The van der Waals surface area contributed by atoms with Gasteiger partial charge in [0.25, 0.3) is 5.91 Å². The second kappa shape index (κ2) is 10.9. The van der Waals surface area contributed by atoms with Crippen LogP contribution in [0.15, 0.2) is 47.4 Å². The summed E-state index contributed by atoms with van der Waals surface area (Å²) >= 11 is 6.22. The number of nitrogens with one attached hydrogen (secondary N) is 1. The zero-order chi connectivity index (χ0) is 25.9. The van der Waals surface area contributed by atoms with Crippen LogP contribution in [0.3, 0.4) is 0 Å². The molecular formula is C24H27ClF3N3O4S. The lowest BCUT2D eigenvalue weighted by Crippen LogP contribution is -2.50. The lowest BCUT2D eigenvalue weighted by Gasteiger charge is -2.36. The normalized spacial score (nSPS) is 17.4. The maximum absolute atomic E-state index is 13.0. The lowest BCUT2D eigenvalue weighted by molar-refractivity contribution is -0.137. The number of hydrogen-bond donors (Lipinski definition) is 1. The average Bonchev–Trinajstić information content (AvgIpc) is 3.35. The van der Waals surface area contributed by atoms with Crippen LogP contribution >= 0.6 is 11.6 Å². The van der Waals surface area contributed by atoms with E-state index in [1.165, 1.54) is 24.3 Å². The van der Waals surface area contributed by atoms with Gasteiger partial charge in [-0.25, -0.2) is 13.1 Å². The molecule has 2 aliphatic rings. The minimum atomic E-state index is -4.42. The molecule has 1 aliphatic heterocycles. The summed E-state index contributed by atoms with van der Waals surface area (Å²) < 4.78 is 72.4. The molecule has 7 nitrogen and oxygen atoms in total. The summed E-state index contributed by atoms with van der Waals surface area (Å²) in [7, 11) is -3.70. The van der Waals surface area contributed by atoms with Gasteiger partial charge in [-0.1, -0.05) is 30.5 Å². The summed E-state index contributed by atoms with van der Waals surface area (Å²) in [6.45, 7) is 1.13. The van der Waals surface area contributed by atoms with Gasteiger partial charge in [0.2, 0.25) is 10.0 Å². The number of anilines is 1. The van der Waals surface area contributed by atoms with Crippen molar-refractivity contribution in [3.8, 4) is 5.75 Å². The maximum atomic E-state index is 13.0. The van der Waals surface area contributed by atoms with Crippen LogP contribution in [-0.2, 0) is 21.0 Å². The topological polar surface area (TPSA) is 78.9 Å². The van der Waals surface area contributed by atoms with Crippen LogP contribution in [-0.4, -0.2) is 58.1 Å². The minimum absolute atomic E-state index is 0.0313. The zero-order valence-electron chi connectivity index (χ0n) is 19.4. The molecule has 1 N–H and O–H groups in total. The molecule has 1 aliphatic carbocycles. The Bertz CT molecular complexity index is 1200. The smallest absolute Gasteiger partial charge is 0.416 e. The Hall–Kier alpha value is -2.50. The largest absolute Gasteiger partial charge is 0.482 e. The summed E-state index contributed by atoms with van der Waals surface area (Å²) in [5.41, 5.74) is -0.255. The third-order valence-electron chi connectivity index (χ3n) is 6.41. The van der Waals surface area contributed by atoms with E-state index in [4.69, 9.17) is 16.3 Å². The molecule has 2 aromatic carbocycles. The first kappa shape index (κ1) is 26.6. The first-order chi connectivity index (χ1) is 17.0. The van der Waals surface area contributed by atoms with E-state index >= 15 is 0 Å². The molecule has 2 aromatic rings. The molecule has 1 saturated heterocycles. The van der Waals surface area contributed by atoms with Gasteiger partial charge in [0.05, 0.1) is 15.5 Å². The van der Waals surface area contributed by atoms with Gasteiger partial charge in [0, 0.05) is 37.9 Å². The third-order valence-corrected chi connectivity index (χ3v) is 8.23. The van der Waals surface area contributed by atoms with E-state index in [2.05, 4.69) is 4.72 Å². The highest BCUT2D eigenvalue weighted by molar-refractivity contribution is 7.89. The fourth-order valence-corrected chi connectivity index (χ4v) is 6.05. The highest BCUT2D eigenvalue weighted by Crippen LogP contribution is 2.32. The Labute approximate surface area is 213 Å². The van der Waals surface area contributed by atoms with E-state index in [1.807, 2.05) is 0 Å². The fraction of sp³-hybridized carbons (Fsp3) is 0.458. The van der Waals surface area contributed by atoms with Crippen molar-refractivity contribution >= 4 is 33.2 Å². The molecule has 12 heteroatoms. The summed E-state index contributed by atoms with van der Waals surface area (Å²) in [6.07, 6.45) is -0.805.